The molecule has 0 radical (unpaired) electrons. The first-order valence-corrected chi connectivity index (χ1v) is 12.4. The third-order valence-electron chi connectivity index (χ3n) is 8.74. The number of carbonyl (C=O) groups is 2. The number of hydrogen-bond donors (Lipinski definition) is 3. The Kier molecular flexibility index (Phi) is 6.73. The first-order chi connectivity index (χ1) is 14.3. The lowest BCUT2D eigenvalue weighted by Crippen LogP contribution is -2.60. The van der Waals surface area contributed by atoms with Gasteiger partial charge in [0, 0.05) is 50.2 Å². The zero-order valence-corrected chi connectivity index (χ0v) is 19.3. The van der Waals surface area contributed by atoms with Gasteiger partial charge in [0.15, 0.2) is 0 Å². The Labute approximate surface area is 182 Å². The van der Waals surface area contributed by atoms with Crippen LogP contribution in [0.4, 0.5) is 0 Å². The Morgan fingerprint density at radius 1 is 0.967 bits per heavy atom. The second-order valence-electron chi connectivity index (χ2n) is 10.9. The number of likely N-dealkylation sites (tertiary alicyclic amines) is 1. The standard InChI is InChI=1S/C24H42N4O2/c1-14-5-8-19(27-23(29)17-7-6-15(2)25-12-17)11-20(14)21-10-18-13-26-16(3)9-22(18)28(4)24(21)30/h14-22,25-26H,5-13H2,1-4H3,(H,27,29). The van der Waals surface area contributed by atoms with Crippen LogP contribution in [0.2, 0.25) is 0 Å². The van der Waals surface area contributed by atoms with E-state index in [0.717, 1.165) is 58.0 Å². The smallest absolute Gasteiger partial charge is 0.225 e. The third kappa shape index (κ3) is 4.55. The Hall–Kier alpha value is -1.14. The molecule has 2 amide bonds. The number of nitrogens with one attached hydrogen (secondary N) is 3. The van der Waals surface area contributed by atoms with Gasteiger partial charge in [-0.1, -0.05) is 6.92 Å². The molecule has 0 aromatic carbocycles. The highest BCUT2D eigenvalue weighted by atomic mass is 16.2. The van der Waals surface area contributed by atoms with Crippen LogP contribution in [0.3, 0.4) is 0 Å². The van der Waals surface area contributed by atoms with Gasteiger partial charge in [-0.15, -0.1) is 0 Å². The van der Waals surface area contributed by atoms with Crippen LogP contribution in [0.15, 0.2) is 0 Å². The maximum absolute atomic E-state index is 13.3. The molecule has 6 nitrogen and oxygen atoms in total. The van der Waals surface area contributed by atoms with Crippen LogP contribution in [0.1, 0.15) is 65.7 Å². The molecule has 9 atom stereocenters. The van der Waals surface area contributed by atoms with E-state index in [1.165, 1.54) is 0 Å². The molecule has 4 rings (SSSR count). The fourth-order valence-corrected chi connectivity index (χ4v) is 6.64. The fourth-order valence-electron chi connectivity index (χ4n) is 6.64. The second kappa shape index (κ2) is 9.15. The molecule has 0 aromatic rings. The van der Waals surface area contributed by atoms with Gasteiger partial charge in [0.05, 0.1) is 5.92 Å². The fraction of sp³-hybridized carbons (Fsp3) is 0.917. The highest BCUT2D eigenvalue weighted by molar-refractivity contribution is 5.81. The molecule has 0 bridgehead atoms. The van der Waals surface area contributed by atoms with E-state index in [1.54, 1.807) is 0 Å². The number of rotatable bonds is 3. The number of fused-ring (bicyclic) bond motifs is 1. The highest BCUT2D eigenvalue weighted by Gasteiger charge is 2.47. The van der Waals surface area contributed by atoms with Gasteiger partial charge in [-0.25, -0.2) is 0 Å². The molecule has 6 heteroatoms. The predicted octanol–water partition coefficient (Wildman–Crippen LogP) is 2.14. The van der Waals surface area contributed by atoms with E-state index in [1.807, 2.05) is 7.05 Å². The lowest BCUT2D eigenvalue weighted by atomic mass is 9.65. The largest absolute Gasteiger partial charge is 0.353 e. The minimum Gasteiger partial charge on any atom is -0.353 e. The van der Waals surface area contributed by atoms with Crippen LogP contribution >= 0.6 is 0 Å². The molecule has 9 unspecified atom stereocenters. The molecule has 4 aliphatic rings. The average molecular weight is 419 g/mol. The summed E-state index contributed by atoms with van der Waals surface area (Å²) in [5.74, 6) is 2.25. The summed E-state index contributed by atoms with van der Waals surface area (Å²) < 4.78 is 0. The Balaban J connectivity index is 1.38. The van der Waals surface area contributed by atoms with Crippen LogP contribution in [0.5, 0.6) is 0 Å². The molecule has 30 heavy (non-hydrogen) atoms. The van der Waals surface area contributed by atoms with Crippen LogP contribution in [-0.2, 0) is 9.59 Å². The van der Waals surface area contributed by atoms with E-state index in [0.29, 0.717) is 41.8 Å². The maximum Gasteiger partial charge on any atom is 0.225 e. The van der Waals surface area contributed by atoms with Gasteiger partial charge in [-0.05, 0) is 76.5 Å². The van der Waals surface area contributed by atoms with E-state index in [9.17, 15) is 9.59 Å². The SMILES string of the molecule is CC1CCC(C(=O)NC2CCC(C)C(C3CC4CNC(C)CC4N(C)C3=O)C2)CN1. The van der Waals surface area contributed by atoms with Crippen LogP contribution in [0, 0.1) is 29.6 Å². The number of carbonyl (C=O) groups excluding carboxylic acids is 2. The molecule has 3 saturated heterocycles. The molecule has 170 valence electrons. The lowest BCUT2D eigenvalue weighted by molar-refractivity contribution is -0.148. The van der Waals surface area contributed by atoms with E-state index in [2.05, 4.69) is 41.6 Å². The molecular formula is C24H42N4O2. The molecule has 3 N–H and O–H groups in total. The number of hydrogen-bond acceptors (Lipinski definition) is 4. The van der Waals surface area contributed by atoms with Crippen molar-refractivity contribution in [1.82, 2.24) is 20.9 Å². The molecule has 0 spiro atoms. The molecule has 3 aliphatic heterocycles. The third-order valence-corrected chi connectivity index (χ3v) is 8.74. The zero-order valence-electron chi connectivity index (χ0n) is 19.3. The van der Waals surface area contributed by atoms with Crippen molar-refractivity contribution in [2.24, 2.45) is 29.6 Å². The van der Waals surface area contributed by atoms with Crippen LogP contribution < -0.4 is 16.0 Å². The summed E-state index contributed by atoms with van der Waals surface area (Å²) in [6, 6.07) is 1.62. The molecule has 0 aromatic heterocycles. The van der Waals surface area contributed by atoms with Crippen molar-refractivity contribution in [2.75, 3.05) is 20.1 Å². The van der Waals surface area contributed by atoms with Crippen LogP contribution in [0.25, 0.3) is 0 Å². The molecule has 3 heterocycles. The second-order valence-corrected chi connectivity index (χ2v) is 10.9. The van der Waals surface area contributed by atoms with E-state index < -0.39 is 0 Å². The first kappa shape index (κ1) is 22.1. The quantitative estimate of drug-likeness (QED) is 0.657. The molecule has 1 saturated carbocycles. The lowest BCUT2D eigenvalue weighted by Gasteiger charge is -2.50. The van der Waals surface area contributed by atoms with Gasteiger partial charge in [0.2, 0.25) is 11.8 Å². The Morgan fingerprint density at radius 2 is 1.73 bits per heavy atom. The van der Waals surface area contributed by atoms with Crippen molar-refractivity contribution in [2.45, 2.75) is 89.9 Å². The van der Waals surface area contributed by atoms with Crippen molar-refractivity contribution in [3.63, 3.8) is 0 Å². The van der Waals surface area contributed by atoms with Crippen molar-refractivity contribution < 1.29 is 9.59 Å². The Bertz CT molecular complexity index is 633. The zero-order chi connectivity index (χ0) is 21.4. The predicted molar refractivity (Wildman–Crippen MR) is 119 cm³/mol. The highest BCUT2D eigenvalue weighted by Crippen LogP contribution is 2.43. The summed E-state index contributed by atoms with van der Waals surface area (Å²) in [4.78, 5) is 28.3. The van der Waals surface area contributed by atoms with Crippen molar-refractivity contribution >= 4 is 11.8 Å². The minimum absolute atomic E-state index is 0.0949. The summed E-state index contributed by atoms with van der Waals surface area (Å²) in [6.07, 6.45) is 7.22. The summed E-state index contributed by atoms with van der Waals surface area (Å²) in [5, 5.41) is 10.4. The summed E-state index contributed by atoms with van der Waals surface area (Å²) in [5.41, 5.74) is 0. The van der Waals surface area contributed by atoms with E-state index >= 15 is 0 Å². The van der Waals surface area contributed by atoms with Crippen molar-refractivity contribution in [3.05, 3.63) is 0 Å². The summed E-state index contributed by atoms with van der Waals surface area (Å²) >= 11 is 0. The van der Waals surface area contributed by atoms with Gasteiger partial charge in [-0.3, -0.25) is 9.59 Å². The van der Waals surface area contributed by atoms with E-state index in [-0.39, 0.29) is 23.8 Å². The number of amides is 2. The number of nitrogens with zero attached hydrogens (tertiary/aromatic N) is 1. The monoisotopic (exact) mass is 418 g/mol. The summed E-state index contributed by atoms with van der Waals surface area (Å²) in [6.45, 7) is 8.54. The van der Waals surface area contributed by atoms with Crippen molar-refractivity contribution in [1.29, 1.82) is 0 Å². The van der Waals surface area contributed by atoms with Gasteiger partial charge in [0.25, 0.3) is 0 Å². The van der Waals surface area contributed by atoms with Crippen LogP contribution in [-0.4, -0.2) is 61.0 Å². The van der Waals surface area contributed by atoms with Gasteiger partial charge >= 0.3 is 0 Å². The topological polar surface area (TPSA) is 73.5 Å². The minimum atomic E-state index is 0.0949. The summed E-state index contributed by atoms with van der Waals surface area (Å²) in [7, 11) is 2.02. The molecule has 4 fully saturated rings. The van der Waals surface area contributed by atoms with E-state index in [4.69, 9.17) is 0 Å². The maximum atomic E-state index is 13.3. The first-order valence-electron chi connectivity index (χ1n) is 12.4. The molecular weight excluding hydrogens is 376 g/mol. The van der Waals surface area contributed by atoms with Gasteiger partial charge in [-0.2, -0.15) is 0 Å². The molecule has 1 aliphatic carbocycles. The normalized spacial score (nSPS) is 45.0. The van der Waals surface area contributed by atoms with Crippen molar-refractivity contribution in [3.8, 4) is 0 Å². The van der Waals surface area contributed by atoms with Gasteiger partial charge in [0.1, 0.15) is 0 Å². The Morgan fingerprint density at radius 3 is 2.47 bits per heavy atom. The van der Waals surface area contributed by atoms with Gasteiger partial charge < -0.3 is 20.9 Å². The number of piperidine rings is 3. The average Bonchev–Trinajstić information content (AvgIpc) is 2.73.